The SMILES string of the molecule is O=C(O)c1ccc2c(c1)C(=O)N(c1ccc(-c3nc4cc(N5C(=O)c6ccc(C(=O)O)cc6C5=O)ccc4[nH]3)cc1)C2=O. The summed E-state index contributed by atoms with van der Waals surface area (Å²) in [6.07, 6.45) is 0. The zero-order chi connectivity index (χ0) is 30.2. The number of fused-ring (bicyclic) bond motifs is 3. The normalized spacial score (nSPS) is 14.0. The van der Waals surface area contributed by atoms with E-state index in [9.17, 15) is 39.0 Å². The molecule has 0 bridgehead atoms. The van der Waals surface area contributed by atoms with Crippen LogP contribution in [-0.2, 0) is 0 Å². The Kier molecular flexibility index (Phi) is 5.37. The Bertz CT molecular complexity index is 2130. The standard InChI is InChI=1S/C31H16N4O8/c36-26-19-8-3-15(30(40)41)11-21(19)28(38)34(26)17-5-1-14(2-6-17)25-32-23-10-7-18(13-24(23)33-25)35-27(37)20-9-4-16(31(42)43)12-22(20)29(35)39/h1-13H,(H,32,33)(H,40,41)(H,42,43). The first-order valence-corrected chi connectivity index (χ1v) is 12.7. The van der Waals surface area contributed by atoms with Gasteiger partial charge in [-0.3, -0.25) is 19.2 Å². The molecule has 12 nitrogen and oxygen atoms in total. The van der Waals surface area contributed by atoms with Gasteiger partial charge in [0.25, 0.3) is 23.6 Å². The number of imidazole rings is 1. The number of H-pyrrole nitrogens is 1. The second kappa shape index (κ2) is 9.04. The Morgan fingerprint density at radius 3 is 1.60 bits per heavy atom. The van der Waals surface area contributed by atoms with Crippen LogP contribution in [0.2, 0.25) is 0 Å². The molecule has 0 saturated heterocycles. The molecule has 5 aromatic rings. The third kappa shape index (κ3) is 3.81. The van der Waals surface area contributed by atoms with Gasteiger partial charge in [0.15, 0.2) is 0 Å². The lowest BCUT2D eigenvalue weighted by Gasteiger charge is -2.14. The van der Waals surface area contributed by atoms with Crippen molar-refractivity contribution in [3.05, 3.63) is 112 Å². The minimum atomic E-state index is -1.21. The highest BCUT2D eigenvalue weighted by Crippen LogP contribution is 2.33. The van der Waals surface area contributed by atoms with E-state index in [0.29, 0.717) is 28.1 Å². The quantitative estimate of drug-likeness (QED) is 0.260. The van der Waals surface area contributed by atoms with E-state index in [-0.39, 0.29) is 39.1 Å². The number of imide groups is 2. The summed E-state index contributed by atoms with van der Waals surface area (Å²) >= 11 is 0. The number of aromatic nitrogens is 2. The molecule has 0 radical (unpaired) electrons. The summed E-state index contributed by atoms with van der Waals surface area (Å²) in [6.45, 7) is 0. The summed E-state index contributed by atoms with van der Waals surface area (Å²) in [5.74, 6) is -4.37. The van der Waals surface area contributed by atoms with Crippen molar-refractivity contribution in [1.82, 2.24) is 9.97 Å². The summed E-state index contributed by atoms with van der Waals surface area (Å²) < 4.78 is 0. The number of hydrogen-bond acceptors (Lipinski definition) is 7. The number of nitrogens with one attached hydrogen (secondary N) is 1. The zero-order valence-corrected chi connectivity index (χ0v) is 21.7. The zero-order valence-electron chi connectivity index (χ0n) is 21.7. The smallest absolute Gasteiger partial charge is 0.335 e. The summed E-state index contributed by atoms with van der Waals surface area (Å²) in [4.78, 5) is 84.3. The van der Waals surface area contributed by atoms with Crippen molar-refractivity contribution in [2.24, 2.45) is 0 Å². The number of carbonyl (C=O) groups excluding carboxylic acids is 4. The average Bonchev–Trinajstić information content (AvgIpc) is 3.62. The summed E-state index contributed by atoms with van der Waals surface area (Å²) in [7, 11) is 0. The minimum Gasteiger partial charge on any atom is -0.478 e. The Hall–Kier alpha value is -6.43. The third-order valence-corrected chi connectivity index (χ3v) is 7.39. The topological polar surface area (TPSA) is 178 Å². The lowest BCUT2D eigenvalue weighted by atomic mass is 10.1. The van der Waals surface area contributed by atoms with Crippen LogP contribution in [0.15, 0.2) is 78.9 Å². The number of hydrogen-bond donors (Lipinski definition) is 3. The molecule has 0 atom stereocenters. The molecule has 2 aliphatic heterocycles. The molecule has 3 heterocycles. The molecule has 0 unspecified atom stereocenters. The van der Waals surface area contributed by atoms with E-state index in [1.807, 2.05) is 0 Å². The van der Waals surface area contributed by atoms with Gasteiger partial charge in [0.05, 0.1) is 55.8 Å². The molecule has 0 spiro atoms. The van der Waals surface area contributed by atoms with Crippen LogP contribution in [0.4, 0.5) is 11.4 Å². The lowest BCUT2D eigenvalue weighted by molar-refractivity contribution is 0.0686. The van der Waals surface area contributed by atoms with Crippen molar-refractivity contribution >= 4 is 58.0 Å². The molecule has 0 saturated carbocycles. The summed E-state index contributed by atoms with van der Waals surface area (Å²) in [6, 6.07) is 18.8. The van der Waals surface area contributed by atoms with Crippen LogP contribution >= 0.6 is 0 Å². The lowest BCUT2D eigenvalue weighted by Crippen LogP contribution is -2.29. The van der Waals surface area contributed by atoms with Gasteiger partial charge in [-0.2, -0.15) is 0 Å². The van der Waals surface area contributed by atoms with Gasteiger partial charge >= 0.3 is 11.9 Å². The molecule has 208 valence electrons. The summed E-state index contributed by atoms with van der Waals surface area (Å²) in [5.41, 5.74) is 2.30. The van der Waals surface area contributed by atoms with Gasteiger partial charge < -0.3 is 15.2 Å². The van der Waals surface area contributed by atoms with Crippen LogP contribution in [0.1, 0.15) is 62.1 Å². The highest BCUT2D eigenvalue weighted by molar-refractivity contribution is 6.35. The highest BCUT2D eigenvalue weighted by atomic mass is 16.4. The first-order chi connectivity index (χ1) is 20.6. The van der Waals surface area contributed by atoms with Crippen LogP contribution in [0.25, 0.3) is 22.4 Å². The Balaban J connectivity index is 1.16. The predicted octanol–water partition coefficient (Wildman–Crippen LogP) is 4.23. The van der Waals surface area contributed by atoms with Gasteiger partial charge in [-0.1, -0.05) is 0 Å². The highest BCUT2D eigenvalue weighted by Gasteiger charge is 2.38. The van der Waals surface area contributed by atoms with E-state index in [4.69, 9.17) is 0 Å². The number of nitrogens with zero attached hydrogens (tertiary/aromatic N) is 3. The molecular formula is C31H16N4O8. The molecule has 2 aliphatic rings. The number of carbonyl (C=O) groups is 6. The van der Waals surface area contributed by atoms with Crippen molar-refractivity contribution in [2.45, 2.75) is 0 Å². The second-order valence-electron chi connectivity index (χ2n) is 9.86. The first kappa shape index (κ1) is 25.5. The minimum absolute atomic E-state index is 0.00758. The Morgan fingerprint density at radius 2 is 1.07 bits per heavy atom. The Morgan fingerprint density at radius 1 is 0.581 bits per heavy atom. The third-order valence-electron chi connectivity index (χ3n) is 7.39. The molecule has 4 aromatic carbocycles. The van der Waals surface area contributed by atoms with Crippen molar-refractivity contribution in [2.75, 3.05) is 9.80 Å². The average molecular weight is 572 g/mol. The summed E-state index contributed by atoms with van der Waals surface area (Å²) in [5, 5.41) is 18.5. The van der Waals surface area contributed by atoms with Crippen LogP contribution in [0, 0.1) is 0 Å². The van der Waals surface area contributed by atoms with E-state index in [2.05, 4.69) is 9.97 Å². The van der Waals surface area contributed by atoms with Crippen molar-refractivity contribution in [3.8, 4) is 11.4 Å². The number of carboxylic acid groups (broad SMARTS) is 2. The van der Waals surface area contributed by atoms with Crippen LogP contribution in [-0.4, -0.2) is 55.7 Å². The van der Waals surface area contributed by atoms with Gasteiger partial charge in [-0.25, -0.2) is 24.4 Å². The van der Waals surface area contributed by atoms with Gasteiger partial charge in [0, 0.05) is 5.56 Å². The van der Waals surface area contributed by atoms with Gasteiger partial charge in [0.2, 0.25) is 0 Å². The number of carboxylic acids is 2. The first-order valence-electron chi connectivity index (χ1n) is 12.7. The molecule has 7 rings (SSSR count). The van der Waals surface area contributed by atoms with E-state index < -0.39 is 35.6 Å². The maximum Gasteiger partial charge on any atom is 0.335 e. The van der Waals surface area contributed by atoms with Crippen LogP contribution < -0.4 is 9.80 Å². The largest absolute Gasteiger partial charge is 0.478 e. The van der Waals surface area contributed by atoms with Gasteiger partial charge in [0.1, 0.15) is 5.82 Å². The maximum absolute atomic E-state index is 13.1. The fourth-order valence-corrected chi connectivity index (χ4v) is 5.26. The predicted molar refractivity (Wildman–Crippen MR) is 151 cm³/mol. The number of aromatic amines is 1. The molecule has 0 aliphatic carbocycles. The van der Waals surface area contributed by atoms with Crippen molar-refractivity contribution < 1.29 is 39.0 Å². The number of aromatic carboxylic acids is 2. The van der Waals surface area contributed by atoms with E-state index in [1.165, 1.54) is 36.4 Å². The number of benzene rings is 4. The Labute approximate surface area is 240 Å². The fraction of sp³-hybridized carbons (Fsp3) is 0. The van der Waals surface area contributed by atoms with Gasteiger partial charge in [-0.15, -0.1) is 0 Å². The van der Waals surface area contributed by atoms with E-state index in [1.54, 1.807) is 42.5 Å². The number of anilines is 2. The number of rotatable bonds is 5. The van der Waals surface area contributed by atoms with E-state index in [0.717, 1.165) is 9.80 Å². The van der Waals surface area contributed by atoms with Gasteiger partial charge in [-0.05, 0) is 78.9 Å². The molecule has 12 heteroatoms. The van der Waals surface area contributed by atoms with Crippen molar-refractivity contribution in [1.29, 1.82) is 0 Å². The molecule has 3 N–H and O–H groups in total. The fourth-order valence-electron chi connectivity index (χ4n) is 5.26. The monoisotopic (exact) mass is 572 g/mol. The van der Waals surface area contributed by atoms with E-state index >= 15 is 0 Å². The maximum atomic E-state index is 13.1. The molecule has 0 fully saturated rings. The second-order valence-corrected chi connectivity index (χ2v) is 9.86. The van der Waals surface area contributed by atoms with Crippen LogP contribution in [0.5, 0.6) is 0 Å². The molecule has 1 aromatic heterocycles. The molecule has 43 heavy (non-hydrogen) atoms. The van der Waals surface area contributed by atoms with Crippen molar-refractivity contribution in [3.63, 3.8) is 0 Å². The number of amides is 4. The molecule has 4 amide bonds. The van der Waals surface area contributed by atoms with Crippen LogP contribution in [0.3, 0.4) is 0 Å². The molecular weight excluding hydrogens is 556 g/mol.